The number of aliphatic imine (C=N–C) groups is 1. The molecule has 136 valence electrons. The quantitative estimate of drug-likeness (QED) is 0.235. The third-order valence-corrected chi connectivity index (χ3v) is 3.72. The molecule has 0 aliphatic heterocycles. The highest BCUT2D eigenvalue weighted by molar-refractivity contribution is 14.0. The Balaban J connectivity index is 0.00000529. The number of nitrogens with one attached hydrogen (secondary N) is 3. The highest BCUT2D eigenvalue weighted by atomic mass is 127. The summed E-state index contributed by atoms with van der Waals surface area (Å²) in [5, 5.41) is 9.88. The predicted molar refractivity (Wildman–Crippen MR) is 114 cm³/mol. The number of hydrogen-bond acceptors (Lipinski definition) is 2. The van der Waals surface area contributed by atoms with E-state index in [4.69, 9.17) is 11.6 Å². The standard InChI is InChI=1S/C17H27ClN4O.HI/c1-4-6-11-20-17(19-5-2)21-12-10-16(23)22-15-9-7-8-14(18)13(15)3;/h7-9H,4-6,10-12H2,1-3H3,(H,22,23)(H2,19,20,21);1H. The molecule has 0 bridgehead atoms. The number of hydrogen-bond donors (Lipinski definition) is 3. The Morgan fingerprint density at radius 1 is 1.25 bits per heavy atom. The van der Waals surface area contributed by atoms with Crippen LogP contribution in [0.25, 0.3) is 0 Å². The molecular formula is C17H28ClIN4O. The zero-order chi connectivity index (χ0) is 17.1. The van der Waals surface area contributed by atoms with Crippen LogP contribution in [-0.4, -0.2) is 31.5 Å². The van der Waals surface area contributed by atoms with Crippen LogP contribution < -0.4 is 16.0 Å². The van der Waals surface area contributed by atoms with Crippen molar-refractivity contribution in [1.82, 2.24) is 10.6 Å². The van der Waals surface area contributed by atoms with Crippen LogP contribution in [0.15, 0.2) is 23.2 Å². The Morgan fingerprint density at radius 3 is 2.67 bits per heavy atom. The summed E-state index contributed by atoms with van der Waals surface area (Å²) < 4.78 is 0. The fourth-order valence-corrected chi connectivity index (χ4v) is 2.12. The van der Waals surface area contributed by atoms with Gasteiger partial charge in [-0.1, -0.05) is 31.0 Å². The van der Waals surface area contributed by atoms with E-state index in [1.54, 1.807) is 0 Å². The summed E-state index contributed by atoms with van der Waals surface area (Å²) in [6.45, 7) is 8.17. The maximum atomic E-state index is 12.0. The minimum absolute atomic E-state index is 0. The molecule has 0 aliphatic rings. The van der Waals surface area contributed by atoms with Gasteiger partial charge in [0.15, 0.2) is 5.96 Å². The zero-order valence-corrected chi connectivity index (χ0v) is 17.7. The number of guanidine groups is 1. The molecule has 1 aromatic rings. The first-order valence-electron chi connectivity index (χ1n) is 8.15. The zero-order valence-electron chi connectivity index (χ0n) is 14.6. The second kappa shape index (κ2) is 13.3. The van der Waals surface area contributed by atoms with Crippen molar-refractivity contribution in [3.63, 3.8) is 0 Å². The average Bonchev–Trinajstić information content (AvgIpc) is 2.52. The summed E-state index contributed by atoms with van der Waals surface area (Å²) in [5.41, 5.74) is 1.64. The molecule has 1 aromatic carbocycles. The Kier molecular flexibility index (Phi) is 12.7. The van der Waals surface area contributed by atoms with Crippen LogP contribution in [0, 0.1) is 6.92 Å². The van der Waals surface area contributed by atoms with Gasteiger partial charge in [-0.2, -0.15) is 0 Å². The molecule has 0 atom stereocenters. The van der Waals surface area contributed by atoms with Crippen molar-refractivity contribution in [1.29, 1.82) is 0 Å². The number of carbonyl (C=O) groups excluding carboxylic acids is 1. The van der Waals surface area contributed by atoms with Gasteiger partial charge in [0, 0.05) is 36.8 Å². The van der Waals surface area contributed by atoms with E-state index in [0.717, 1.165) is 43.1 Å². The molecule has 0 heterocycles. The SMILES string of the molecule is CCCCN=C(NCC)NCCC(=O)Nc1cccc(Cl)c1C.I. The number of benzene rings is 1. The molecule has 0 aliphatic carbocycles. The minimum Gasteiger partial charge on any atom is -0.357 e. The van der Waals surface area contributed by atoms with Crippen molar-refractivity contribution in [3.8, 4) is 0 Å². The molecule has 7 heteroatoms. The first-order valence-corrected chi connectivity index (χ1v) is 8.53. The number of anilines is 1. The maximum absolute atomic E-state index is 12.0. The molecule has 24 heavy (non-hydrogen) atoms. The van der Waals surface area contributed by atoms with Gasteiger partial charge in [0.05, 0.1) is 0 Å². The van der Waals surface area contributed by atoms with Crippen LogP contribution in [0.5, 0.6) is 0 Å². The van der Waals surface area contributed by atoms with Gasteiger partial charge in [-0.25, -0.2) is 0 Å². The molecule has 5 nitrogen and oxygen atoms in total. The summed E-state index contributed by atoms with van der Waals surface area (Å²) in [7, 11) is 0. The smallest absolute Gasteiger partial charge is 0.226 e. The van der Waals surface area contributed by atoms with Gasteiger partial charge in [-0.15, -0.1) is 24.0 Å². The number of carbonyl (C=O) groups is 1. The Bertz CT molecular complexity index is 537. The van der Waals surface area contributed by atoms with Gasteiger partial charge in [-0.3, -0.25) is 9.79 Å². The third kappa shape index (κ3) is 8.73. The molecule has 0 unspecified atom stereocenters. The minimum atomic E-state index is -0.0488. The molecule has 0 fully saturated rings. The predicted octanol–water partition coefficient (Wildman–Crippen LogP) is 3.95. The third-order valence-electron chi connectivity index (χ3n) is 3.31. The topological polar surface area (TPSA) is 65.5 Å². The monoisotopic (exact) mass is 466 g/mol. The van der Waals surface area contributed by atoms with Gasteiger partial charge < -0.3 is 16.0 Å². The highest BCUT2D eigenvalue weighted by Gasteiger charge is 2.07. The molecule has 0 spiro atoms. The van der Waals surface area contributed by atoms with E-state index in [1.807, 2.05) is 32.0 Å². The fourth-order valence-electron chi connectivity index (χ4n) is 1.94. The fraction of sp³-hybridized carbons (Fsp3) is 0.529. The molecule has 3 N–H and O–H groups in total. The summed E-state index contributed by atoms with van der Waals surface area (Å²) in [4.78, 5) is 16.5. The molecule has 1 amide bonds. The lowest BCUT2D eigenvalue weighted by molar-refractivity contribution is -0.116. The van der Waals surface area contributed by atoms with Crippen molar-refractivity contribution in [2.45, 2.75) is 40.0 Å². The van der Waals surface area contributed by atoms with E-state index >= 15 is 0 Å². The van der Waals surface area contributed by atoms with Gasteiger partial charge in [-0.05, 0) is 38.0 Å². The largest absolute Gasteiger partial charge is 0.357 e. The Labute approximate surface area is 167 Å². The Hall–Kier alpha value is -1.02. The number of halogens is 2. The van der Waals surface area contributed by atoms with Crippen LogP contribution in [-0.2, 0) is 4.79 Å². The van der Waals surface area contributed by atoms with Crippen molar-refractivity contribution in [3.05, 3.63) is 28.8 Å². The van der Waals surface area contributed by atoms with Gasteiger partial charge in [0.2, 0.25) is 5.91 Å². The number of amides is 1. The second-order valence-electron chi connectivity index (χ2n) is 5.25. The lowest BCUT2D eigenvalue weighted by Gasteiger charge is -2.12. The Morgan fingerprint density at radius 2 is 2.00 bits per heavy atom. The van der Waals surface area contributed by atoms with E-state index in [0.29, 0.717) is 18.0 Å². The molecule has 0 saturated heterocycles. The second-order valence-corrected chi connectivity index (χ2v) is 5.66. The summed E-state index contributed by atoms with van der Waals surface area (Å²) in [5.74, 6) is 0.708. The van der Waals surface area contributed by atoms with Crippen LogP contribution in [0.3, 0.4) is 0 Å². The van der Waals surface area contributed by atoms with E-state index in [9.17, 15) is 4.79 Å². The average molecular weight is 467 g/mol. The molecule has 1 rings (SSSR count). The van der Waals surface area contributed by atoms with E-state index in [2.05, 4.69) is 27.9 Å². The van der Waals surface area contributed by atoms with Crippen LogP contribution in [0.1, 0.15) is 38.7 Å². The molecule has 0 saturated carbocycles. The van der Waals surface area contributed by atoms with Crippen LogP contribution in [0.4, 0.5) is 5.69 Å². The number of rotatable bonds is 8. The number of unbranched alkanes of at least 4 members (excludes halogenated alkanes) is 1. The van der Waals surface area contributed by atoms with E-state index < -0.39 is 0 Å². The van der Waals surface area contributed by atoms with Crippen molar-refractivity contribution >= 4 is 53.1 Å². The first-order chi connectivity index (χ1) is 11.1. The van der Waals surface area contributed by atoms with Crippen molar-refractivity contribution < 1.29 is 4.79 Å². The van der Waals surface area contributed by atoms with E-state index in [1.165, 1.54) is 0 Å². The lowest BCUT2D eigenvalue weighted by Crippen LogP contribution is -2.38. The van der Waals surface area contributed by atoms with Crippen molar-refractivity contribution in [2.24, 2.45) is 4.99 Å². The summed E-state index contributed by atoms with van der Waals surface area (Å²) in [6, 6.07) is 5.49. The molecular weight excluding hydrogens is 439 g/mol. The van der Waals surface area contributed by atoms with Gasteiger partial charge in [0.1, 0.15) is 0 Å². The lowest BCUT2D eigenvalue weighted by atomic mass is 10.2. The summed E-state index contributed by atoms with van der Waals surface area (Å²) in [6.07, 6.45) is 2.54. The molecule has 0 aromatic heterocycles. The molecule has 0 radical (unpaired) electrons. The maximum Gasteiger partial charge on any atom is 0.226 e. The van der Waals surface area contributed by atoms with Crippen LogP contribution >= 0.6 is 35.6 Å². The number of nitrogens with zero attached hydrogens (tertiary/aromatic N) is 1. The first kappa shape index (κ1) is 23.0. The highest BCUT2D eigenvalue weighted by Crippen LogP contribution is 2.22. The van der Waals surface area contributed by atoms with Gasteiger partial charge in [0.25, 0.3) is 0 Å². The van der Waals surface area contributed by atoms with Gasteiger partial charge >= 0.3 is 0 Å². The summed E-state index contributed by atoms with van der Waals surface area (Å²) >= 11 is 6.05. The van der Waals surface area contributed by atoms with E-state index in [-0.39, 0.29) is 29.9 Å². The van der Waals surface area contributed by atoms with Crippen molar-refractivity contribution in [2.75, 3.05) is 25.0 Å². The van der Waals surface area contributed by atoms with Crippen LogP contribution in [0.2, 0.25) is 5.02 Å². The normalized spacial score (nSPS) is 10.8.